The first-order valence-corrected chi connectivity index (χ1v) is 10.1. The van der Waals surface area contributed by atoms with Crippen LogP contribution < -0.4 is 10.1 Å². The van der Waals surface area contributed by atoms with E-state index in [-0.39, 0.29) is 29.8 Å². The second-order valence-corrected chi connectivity index (χ2v) is 8.36. The lowest BCUT2D eigenvalue weighted by Crippen LogP contribution is -2.45. The van der Waals surface area contributed by atoms with E-state index in [1.807, 2.05) is 12.1 Å². The summed E-state index contributed by atoms with van der Waals surface area (Å²) in [6, 6.07) is 12.5. The summed E-state index contributed by atoms with van der Waals surface area (Å²) in [5.41, 5.74) is 1.93. The Labute approximate surface area is 163 Å². The van der Waals surface area contributed by atoms with E-state index in [9.17, 15) is 14.3 Å². The number of ether oxygens (including phenoxy) is 1. The normalized spacial score (nSPS) is 25.2. The van der Waals surface area contributed by atoms with Gasteiger partial charge < -0.3 is 15.2 Å². The molecule has 3 aliphatic rings. The fourth-order valence-corrected chi connectivity index (χ4v) is 4.65. The topological polar surface area (TPSA) is 58.6 Å². The average Bonchev–Trinajstić information content (AvgIpc) is 3.34. The van der Waals surface area contributed by atoms with Crippen LogP contribution in [-0.4, -0.2) is 23.7 Å². The molecule has 1 amide bonds. The van der Waals surface area contributed by atoms with Gasteiger partial charge in [0.2, 0.25) is 5.91 Å². The van der Waals surface area contributed by atoms with Crippen molar-refractivity contribution in [1.29, 1.82) is 0 Å². The van der Waals surface area contributed by atoms with Gasteiger partial charge >= 0.3 is 0 Å². The van der Waals surface area contributed by atoms with Crippen molar-refractivity contribution < 1.29 is 19.0 Å². The van der Waals surface area contributed by atoms with E-state index < -0.39 is 5.41 Å². The van der Waals surface area contributed by atoms with Crippen molar-refractivity contribution in [2.45, 2.75) is 49.7 Å². The smallest absolute Gasteiger partial charge is 0.231 e. The predicted octanol–water partition coefficient (Wildman–Crippen LogP) is 3.42. The Bertz CT molecular complexity index is 918. The van der Waals surface area contributed by atoms with E-state index >= 15 is 0 Å². The zero-order valence-corrected chi connectivity index (χ0v) is 15.7. The molecule has 2 aromatic rings. The molecule has 146 valence electrons. The molecule has 0 unspecified atom stereocenters. The van der Waals surface area contributed by atoms with E-state index in [0.717, 1.165) is 23.3 Å². The standard InChI is InChI=1S/C23H24FNO3/c24-19-4-2-1-3-18(19)23(8-9-23)22(27)25-21(16-12-17(26)13-16)15-5-6-20-14(11-15)7-10-28-20/h1-6,11,16-17,21,26H,7-10,12-13H2,(H,25,27)/t16?,17?,21-/m0/s1. The molecule has 1 aliphatic heterocycles. The summed E-state index contributed by atoms with van der Waals surface area (Å²) in [5.74, 6) is 0.671. The van der Waals surface area contributed by atoms with Gasteiger partial charge in [-0.2, -0.15) is 0 Å². The number of amides is 1. The molecular weight excluding hydrogens is 357 g/mol. The monoisotopic (exact) mass is 381 g/mol. The number of hydrogen-bond donors (Lipinski definition) is 2. The van der Waals surface area contributed by atoms with Crippen molar-refractivity contribution in [2.75, 3.05) is 6.61 Å². The van der Waals surface area contributed by atoms with Crippen LogP contribution in [0.3, 0.4) is 0 Å². The number of nitrogens with one attached hydrogen (secondary N) is 1. The minimum absolute atomic E-state index is 0.110. The van der Waals surface area contributed by atoms with E-state index in [0.29, 0.717) is 37.9 Å². The third-order valence-electron chi connectivity index (χ3n) is 6.55. The maximum absolute atomic E-state index is 14.4. The van der Waals surface area contributed by atoms with E-state index in [2.05, 4.69) is 11.4 Å². The molecule has 2 N–H and O–H groups in total. The molecule has 2 aliphatic carbocycles. The average molecular weight is 381 g/mol. The molecule has 2 fully saturated rings. The molecule has 5 heteroatoms. The predicted molar refractivity (Wildman–Crippen MR) is 103 cm³/mol. The molecule has 1 heterocycles. The number of hydrogen-bond acceptors (Lipinski definition) is 3. The van der Waals surface area contributed by atoms with Gasteiger partial charge in [0.15, 0.2) is 0 Å². The van der Waals surface area contributed by atoms with Crippen molar-refractivity contribution in [1.82, 2.24) is 5.32 Å². The summed E-state index contributed by atoms with van der Waals surface area (Å²) in [6.45, 7) is 0.689. The molecule has 2 aromatic carbocycles. The number of carbonyl (C=O) groups excluding carboxylic acids is 1. The Morgan fingerprint density at radius 2 is 2.00 bits per heavy atom. The van der Waals surface area contributed by atoms with Crippen LogP contribution in [0.15, 0.2) is 42.5 Å². The van der Waals surface area contributed by atoms with Gasteiger partial charge in [0.1, 0.15) is 11.6 Å². The van der Waals surface area contributed by atoms with Crippen LogP contribution in [0, 0.1) is 11.7 Å². The number of aliphatic hydroxyl groups is 1. The second kappa shape index (κ2) is 6.59. The Balaban J connectivity index is 1.43. The molecule has 0 aromatic heterocycles. The molecule has 0 radical (unpaired) electrons. The summed E-state index contributed by atoms with van der Waals surface area (Å²) in [5, 5.41) is 13.0. The van der Waals surface area contributed by atoms with Gasteiger partial charge in [0, 0.05) is 12.0 Å². The fourth-order valence-electron chi connectivity index (χ4n) is 4.65. The van der Waals surface area contributed by atoms with Gasteiger partial charge in [0.25, 0.3) is 0 Å². The van der Waals surface area contributed by atoms with Crippen molar-refractivity contribution in [2.24, 2.45) is 5.92 Å². The molecule has 4 nitrogen and oxygen atoms in total. The summed E-state index contributed by atoms with van der Waals surface area (Å²) < 4.78 is 20.0. The Morgan fingerprint density at radius 1 is 1.21 bits per heavy atom. The number of carbonyl (C=O) groups is 1. The Morgan fingerprint density at radius 3 is 2.71 bits per heavy atom. The number of benzene rings is 2. The highest BCUT2D eigenvalue weighted by Gasteiger charge is 2.53. The van der Waals surface area contributed by atoms with Gasteiger partial charge in [-0.05, 0) is 60.9 Å². The Hall–Kier alpha value is -2.40. The minimum atomic E-state index is -0.758. The molecule has 0 spiro atoms. The maximum atomic E-state index is 14.4. The van der Waals surface area contributed by atoms with E-state index in [1.54, 1.807) is 18.2 Å². The fraction of sp³-hybridized carbons (Fsp3) is 0.435. The molecule has 5 rings (SSSR count). The second-order valence-electron chi connectivity index (χ2n) is 8.36. The van der Waals surface area contributed by atoms with Gasteiger partial charge in [-0.25, -0.2) is 4.39 Å². The van der Waals surface area contributed by atoms with Crippen LogP contribution in [-0.2, 0) is 16.6 Å². The van der Waals surface area contributed by atoms with Gasteiger partial charge in [-0.15, -0.1) is 0 Å². The summed E-state index contributed by atoms with van der Waals surface area (Å²) in [6.07, 6.45) is 3.24. The van der Waals surface area contributed by atoms with Gasteiger partial charge in [0.05, 0.1) is 24.2 Å². The molecule has 0 saturated heterocycles. The quantitative estimate of drug-likeness (QED) is 0.834. The number of halogens is 1. The van der Waals surface area contributed by atoms with Crippen molar-refractivity contribution >= 4 is 5.91 Å². The molecular formula is C23H24FNO3. The first kappa shape index (κ1) is 17.7. The highest BCUT2D eigenvalue weighted by Crippen LogP contribution is 2.50. The van der Waals surface area contributed by atoms with E-state index in [1.165, 1.54) is 6.07 Å². The van der Waals surface area contributed by atoms with Gasteiger partial charge in [-0.3, -0.25) is 4.79 Å². The highest BCUT2D eigenvalue weighted by atomic mass is 19.1. The minimum Gasteiger partial charge on any atom is -0.493 e. The third-order valence-corrected chi connectivity index (χ3v) is 6.55. The third kappa shape index (κ3) is 2.89. The first-order valence-electron chi connectivity index (χ1n) is 10.1. The number of aliphatic hydroxyl groups excluding tert-OH is 1. The summed E-state index contributed by atoms with van der Waals surface area (Å²) in [4.78, 5) is 13.3. The SMILES string of the molecule is O=C(N[C@@H](c1ccc2c(c1)CCO2)C1CC(O)C1)C1(c2ccccc2F)CC1. The first-order chi connectivity index (χ1) is 13.6. The van der Waals surface area contributed by atoms with Crippen LogP contribution in [0.5, 0.6) is 5.75 Å². The zero-order chi connectivity index (χ0) is 19.3. The highest BCUT2D eigenvalue weighted by molar-refractivity contribution is 5.91. The molecule has 0 bridgehead atoms. The lowest BCUT2D eigenvalue weighted by Gasteiger charge is -2.39. The number of rotatable bonds is 5. The van der Waals surface area contributed by atoms with Gasteiger partial charge in [-0.1, -0.05) is 24.3 Å². The van der Waals surface area contributed by atoms with Crippen LogP contribution >= 0.6 is 0 Å². The van der Waals surface area contributed by atoms with Crippen LogP contribution in [0.25, 0.3) is 0 Å². The lowest BCUT2D eigenvalue weighted by molar-refractivity contribution is -0.125. The Kier molecular flexibility index (Phi) is 4.16. The van der Waals surface area contributed by atoms with Crippen molar-refractivity contribution in [3.63, 3.8) is 0 Å². The van der Waals surface area contributed by atoms with Crippen LogP contribution in [0.4, 0.5) is 4.39 Å². The number of fused-ring (bicyclic) bond motifs is 1. The van der Waals surface area contributed by atoms with E-state index in [4.69, 9.17) is 4.74 Å². The maximum Gasteiger partial charge on any atom is 0.231 e. The largest absolute Gasteiger partial charge is 0.493 e. The summed E-state index contributed by atoms with van der Waals surface area (Å²) in [7, 11) is 0. The van der Waals surface area contributed by atoms with Crippen molar-refractivity contribution in [3.05, 3.63) is 65.0 Å². The van der Waals surface area contributed by atoms with Crippen molar-refractivity contribution in [3.8, 4) is 5.75 Å². The summed E-state index contributed by atoms with van der Waals surface area (Å²) >= 11 is 0. The zero-order valence-electron chi connectivity index (χ0n) is 15.7. The molecule has 1 atom stereocenters. The lowest BCUT2D eigenvalue weighted by atomic mass is 9.74. The molecule has 2 saturated carbocycles. The molecule has 28 heavy (non-hydrogen) atoms. The van der Waals surface area contributed by atoms with Crippen LogP contribution in [0.2, 0.25) is 0 Å². The van der Waals surface area contributed by atoms with Crippen LogP contribution in [0.1, 0.15) is 48.4 Å².